The van der Waals surface area contributed by atoms with E-state index in [1.807, 2.05) is 0 Å². The first-order valence-corrected chi connectivity index (χ1v) is 3.19. The summed E-state index contributed by atoms with van der Waals surface area (Å²) in [6, 6.07) is 0. The molecule has 0 saturated carbocycles. The van der Waals surface area contributed by atoms with Gasteiger partial charge in [-0.1, -0.05) is 26.2 Å². The fourth-order valence-corrected chi connectivity index (χ4v) is 0.598. The second kappa shape index (κ2) is 16.0. The molecule has 0 radical (unpaired) electrons. The third-order valence-electron chi connectivity index (χ3n) is 1.10. The molecule has 9 heavy (non-hydrogen) atoms. The molecule has 0 amide bonds. The van der Waals surface area contributed by atoms with Gasteiger partial charge < -0.3 is 6.42 Å². The molecule has 0 aliphatic carbocycles. The van der Waals surface area contributed by atoms with Crippen LogP contribution in [0.2, 0.25) is 0 Å². The Labute approximate surface area is 82.3 Å². The van der Waals surface area contributed by atoms with Gasteiger partial charge >= 0.3 is 0 Å². The van der Waals surface area contributed by atoms with E-state index in [9.17, 15) is 0 Å². The monoisotopic (exact) mass is 243 g/mol. The van der Waals surface area contributed by atoms with Crippen molar-refractivity contribution >= 4 is 17.0 Å². The molecule has 0 nitrogen and oxygen atoms in total. The first-order chi connectivity index (χ1) is 3.41. The van der Waals surface area contributed by atoms with Crippen LogP contribution in [-0.2, 0) is 19.5 Å². The number of hydrogen-bond acceptors (Lipinski definition) is 0. The van der Waals surface area contributed by atoms with Crippen molar-refractivity contribution in [2.75, 3.05) is 0 Å². The molecule has 0 heterocycles. The van der Waals surface area contributed by atoms with Gasteiger partial charge in [-0.05, 0) is 0 Å². The average Bonchev–Trinajstić information content (AvgIpc) is 1.69. The Morgan fingerprint density at radius 2 is 1.78 bits per heavy atom. The zero-order valence-corrected chi connectivity index (χ0v) is 11.2. The van der Waals surface area contributed by atoms with Gasteiger partial charge in [0.15, 0.2) is 0 Å². The van der Waals surface area contributed by atoms with Crippen molar-refractivity contribution in [1.29, 1.82) is 0 Å². The third kappa shape index (κ3) is 17.6. The fourth-order valence-electron chi connectivity index (χ4n) is 0.598. The summed E-state index contributed by atoms with van der Waals surface area (Å²) in [5, 5.41) is 0. The Balaban J connectivity index is -0.000000180. The van der Waals surface area contributed by atoms with Crippen LogP contribution in [0, 0.1) is 6.42 Å². The molecule has 0 N–H and O–H groups in total. The standard InChI is InChI=1S/C7H15.BrH.Zn/c1-3-5-7-6-4-2;;/h3H,4-7H2,1-2H3;1H;/q-1;;. The van der Waals surface area contributed by atoms with Crippen molar-refractivity contribution in [1.82, 2.24) is 0 Å². The SMILES string of the molecule is Br.C[CH-]CCCCC.[Zn]. The molecule has 0 aliphatic rings. The zero-order valence-electron chi connectivity index (χ0n) is 6.52. The second-order valence-corrected chi connectivity index (χ2v) is 1.90. The molecule has 2 heteroatoms. The average molecular weight is 245 g/mol. The van der Waals surface area contributed by atoms with Crippen LogP contribution >= 0.6 is 17.0 Å². The summed E-state index contributed by atoms with van der Waals surface area (Å²) in [7, 11) is 0. The largest absolute Gasteiger partial charge is 0.332 e. The van der Waals surface area contributed by atoms with E-state index in [1.54, 1.807) is 0 Å². The van der Waals surface area contributed by atoms with Gasteiger partial charge in [-0.2, -0.15) is 13.3 Å². The van der Waals surface area contributed by atoms with E-state index in [0.717, 1.165) is 0 Å². The van der Waals surface area contributed by atoms with Crippen molar-refractivity contribution in [3.63, 3.8) is 0 Å². The third-order valence-corrected chi connectivity index (χ3v) is 1.10. The van der Waals surface area contributed by atoms with Crippen LogP contribution < -0.4 is 0 Å². The smallest absolute Gasteiger partial charge is 0 e. The second-order valence-electron chi connectivity index (χ2n) is 1.90. The summed E-state index contributed by atoms with van der Waals surface area (Å²) >= 11 is 0. The van der Waals surface area contributed by atoms with Crippen molar-refractivity contribution in [2.45, 2.75) is 39.5 Å². The van der Waals surface area contributed by atoms with Gasteiger partial charge in [-0.15, -0.1) is 17.0 Å². The molecule has 0 aromatic heterocycles. The van der Waals surface area contributed by atoms with Crippen LogP contribution in [0.3, 0.4) is 0 Å². The molecule has 0 saturated heterocycles. The van der Waals surface area contributed by atoms with E-state index >= 15 is 0 Å². The summed E-state index contributed by atoms with van der Waals surface area (Å²) in [6.07, 6.45) is 7.65. The van der Waals surface area contributed by atoms with E-state index in [-0.39, 0.29) is 36.5 Å². The predicted octanol–water partition coefficient (Wildman–Crippen LogP) is 3.37. The summed E-state index contributed by atoms with van der Waals surface area (Å²) < 4.78 is 0. The Bertz CT molecular complexity index is 28.1. The van der Waals surface area contributed by atoms with Crippen molar-refractivity contribution in [3.8, 4) is 0 Å². The van der Waals surface area contributed by atoms with E-state index in [0.29, 0.717) is 0 Å². The summed E-state index contributed by atoms with van der Waals surface area (Å²) in [6.45, 7) is 4.35. The maximum Gasteiger partial charge on any atom is 0 e. The van der Waals surface area contributed by atoms with Crippen LogP contribution in [0.5, 0.6) is 0 Å². The number of rotatable bonds is 4. The molecule has 0 atom stereocenters. The number of hydrogen-bond donors (Lipinski definition) is 0. The van der Waals surface area contributed by atoms with Gasteiger partial charge in [0.2, 0.25) is 0 Å². The van der Waals surface area contributed by atoms with Gasteiger partial charge in [-0.25, -0.2) is 0 Å². The zero-order chi connectivity index (χ0) is 5.54. The Hall–Kier alpha value is 1.10. The van der Waals surface area contributed by atoms with E-state index in [4.69, 9.17) is 0 Å². The molecule has 0 unspecified atom stereocenters. The molecule has 54 valence electrons. The van der Waals surface area contributed by atoms with Gasteiger partial charge in [0.1, 0.15) is 0 Å². The van der Waals surface area contributed by atoms with E-state index in [2.05, 4.69) is 20.3 Å². The molecule has 0 spiro atoms. The van der Waals surface area contributed by atoms with Gasteiger partial charge in [-0.3, -0.25) is 0 Å². The van der Waals surface area contributed by atoms with Crippen molar-refractivity contribution < 1.29 is 19.5 Å². The molecule has 0 fully saturated rings. The molecule has 0 aromatic rings. The number of unbranched alkanes of at least 4 members (excludes halogenated alkanes) is 4. The quantitative estimate of drug-likeness (QED) is 0.405. The topological polar surface area (TPSA) is 0 Å². The predicted molar refractivity (Wildman–Crippen MR) is 44.4 cm³/mol. The molecule has 0 bridgehead atoms. The minimum atomic E-state index is 0. The fraction of sp³-hybridized carbons (Fsp3) is 0.857. The van der Waals surface area contributed by atoms with Crippen LogP contribution in [0.1, 0.15) is 39.5 Å². The molecule has 0 aliphatic heterocycles. The Morgan fingerprint density at radius 1 is 1.22 bits per heavy atom. The summed E-state index contributed by atoms with van der Waals surface area (Å²) in [5.74, 6) is 0. The maximum absolute atomic E-state index is 2.23. The van der Waals surface area contributed by atoms with Gasteiger partial charge in [0, 0.05) is 19.5 Å². The van der Waals surface area contributed by atoms with Crippen molar-refractivity contribution in [3.05, 3.63) is 6.42 Å². The maximum atomic E-state index is 2.23. The van der Waals surface area contributed by atoms with Crippen LogP contribution in [-0.4, -0.2) is 0 Å². The summed E-state index contributed by atoms with van der Waals surface area (Å²) in [5.41, 5.74) is 0. The number of halogens is 1. The molecular formula is C7H16BrZn-. The normalized spacial score (nSPS) is 7.33. The van der Waals surface area contributed by atoms with Crippen LogP contribution in [0.25, 0.3) is 0 Å². The summed E-state index contributed by atoms with van der Waals surface area (Å²) in [4.78, 5) is 0. The van der Waals surface area contributed by atoms with Crippen molar-refractivity contribution in [2.24, 2.45) is 0 Å². The minimum Gasteiger partial charge on any atom is -0.332 e. The first-order valence-electron chi connectivity index (χ1n) is 3.19. The van der Waals surface area contributed by atoms with Gasteiger partial charge in [0.25, 0.3) is 0 Å². The molecule has 0 aromatic carbocycles. The van der Waals surface area contributed by atoms with E-state index in [1.165, 1.54) is 25.7 Å². The van der Waals surface area contributed by atoms with Crippen LogP contribution in [0.15, 0.2) is 0 Å². The Kier molecular flexibility index (Phi) is 29.6. The van der Waals surface area contributed by atoms with Crippen LogP contribution in [0.4, 0.5) is 0 Å². The van der Waals surface area contributed by atoms with E-state index < -0.39 is 0 Å². The Morgan fingerprint density at radius 3 is 2.11 bits per heavy atom. The van der Waals surface area contributed by atoms with Gasteiger partial charge in [0.05, 0.1) is 0 Å². The molecular weight excluding hydrogens is 229 g/mol. The molecule has 0 rings (SSSR count). The minimum absolute atomic E-state index is 0. The first kappa shape index (κ1) is 16.6.